The summed E-state index contributed by atoms with van der Waals surface area (Å²) in [5.41, 5.74) is 23.5. The van der Waals surface area contributed by atoms with Crippen LogP contribution in [0.4, 0.5) is 0 Å². The SMILES string of the molecule is NC[C@H]1O[C@H](OC2C(N)C[C@@H](N)C(O[C@H]3O[C@H](CO)[C@@H](O)[C@@H](N)[C@H]3O)C2O)[C@H](O)[C@@H](O)[C@@H]1O.O=S(=O)([O-])[O-]. The quantitative estimate of drug-likeness (QED) is 0.102. The molecule has 0 bridgehead atoms. The van der Waals surface area contributed by atoms with Gasteiger partial charge >= 0.3 is 0 Å². The summed E-state index contributed by atoms with van der Waals surface area (Å²) in [6, 6.07) is -2.86. The van der Waals surface area contributed by atoms with Crippen molar-refractivity contribution in [2.75, 3.05) is 13.2 Å². The molecule has 20 heteroatoms. The van der Waals surface area contributed by atoms with Gasteiger partial charge in [-0.3, -0.25) is 8.42 Å². The fourth-order valence-electron chi connectivity index (χ4n) is 4.40. The number of aliphatic hydroxyl groups is 7. The highest BCUT2D eigenvalue weighted by Gasteiger charge is 2.51. The van der Waals surface area contributed by atoms with Crippen LogP contribution in [0.2, 0.25) is 0 Å². The van der Waals surface area contributed by atoms with E-state index in [4.69, 9.17) is 59.4 Å². The Kier molecular flexibility index (Phi) is 12.1. The molecule has 0 amide bonds. The Bertz CT molecular complexity index is 783. The van der Waals surface area contributed by atoms with Crippen molar-refractivity contribution in [3.8, 4) is 0 Å². The van der Waals surface area contributed by atoms with E-state index >= 15 is 0 Å². The van der Waals surface area contributed by atoms with Crippen molar-refractivity contribution in [2.45, 2.75) is 98.2 Å². The lowest BCUT2D eigenvalue weighted by atomic mass is 9.84. The Morgan fingerprint density at radius 3 is 1.63 bits per heavy atom. The van der Waals surface area contributed by atoms with E-state index in [1.807, 2.05) is 0 Å². The predicted molar refractivity (Wildman–Crippen MR) is 118 cm³/mol. The molecule has 3 rings (SSSR count). The summed E-state index contributed by atoms with van der Waals surface area (Å²) >= 11 is 0. The molecule has 2 saturated heterocycles. The highest BCUT2D eigenvalue weighted by molar-refractivity contribution is 7.79. The van der Waals surface area contributed by atoms with Crippen molar-refractivity contribution in [3.63, 3.8) is 0 Å². The molecule has 2 aliphatic heterocycles. The Labute approximate surface area is 217 Å². The average Bonchev–Trinajstić information content (AvgIpc) is 2.83. The molecule has 0 aromatic heterocycles. The fourth-order valence-corrected chi connectivity index (χ4v) is 4.40. The van der Waals surface area contributed by atoms with E-state index < -0.39 is 109 Å². The molecule has 3 aliphatic rings. The molecule has 0 aromatic carbocycles. The highest BCUT2D eigenvalue weighted by atomic mass is 32.3. The van der Waals surface area contributed by atoms with E-state index in [0.717, 1.165) is 0 Å². The van der Waals surface area contributed by atoms with Crippen LogP contribution in [-0.4, -0.2) is 158 Å². The van der Waals surface area contributed by atoms with Crippen LogP contribution in [0.25, 0.3) is 0 Å². The van der Waals surface area contributed by atoms with E-state index in [9.17, 15) is 35.7 Å². The lowest BCUT2D eigenvalue weighted by Gasteiger charge is -2.48. The van der Waals surface area contributed by atoms with Crippen molar-refractivity contribution in [1.82, 2.24) is 0 Å². The van der Waals surface area contributed by atoms with Gasteiger partial charge in [-0.2, -0.15) is 0 Å². The highest BCUT2D eigenvalue weighted by Crippen LogP contribution is 2.31. The molecule has 38 heavy (non-hydrogen) atoms. The Morgan fingerprint density at radius 1 is 0.737 bits per heavy atom. The monoisotopic (exact) mass is 580 g/mol. The second-order valence-corrected chi connectivity index (χ2v) is 10.0. The molecule has 3 fully saturated rings. The summed E-state index contributed by atoms with van der Waals surface area (Å²) in [4.78, 5) is 0. The van der Waals surface area contributed by atoms with Crippen LogP contribution in [0.15, 0.2) is 0 Å². The lowest BCUT2D eigenvalue weighted by Crippen LogP contribution is -2.68. The van der Waals surface area contributed by atoms with Crippen molar-refractivity contribution >= 4 is 10.4 Å². The van der Waals surface area contributed by atoms with Gasteiger partial charge in [0.15, 0.2) is 12.6 Å². The Hall–Kier alpha value is -0.730. The third-order valence-corrected chi connectivity index (χ3v) is 6.48. The van der Waals surface area contributed by atoms with Gasteiger partial charge in [-0.15, -0.1) is 0 Å². The van der Waals surface area contributed by atoms with E-state index in [1.54, 1.807) is 0 Å². The van der Waals surface area contributed by atoms with Gasteiger partial charge in [-0.1, -0.05) is 0 Å². The molecule has 19 nitrogen and oxygen atoms in total. The smallest absolute Gasteiger partial charge is 0.187 e. The average molecular weight is 581 g/mol. The van der Waals surface area contributed by atoms with Gasteiger partial charge in [0, 0.05) is 29.0 Å². The normalized spacial score (nSPS) is 48.2. The number of rotatable bonds is 6. The Balaban J connectivity index is 0.000000926. The molecule has 2 heterocycles. The third kappa shape index (κ3) is 8.15. The van der Waals surface area contributed by atoms with E-state index in [2.05, 4.69) is 0 Å². The predicted octanol–water partition coefficient (Wildman–Crippen LogP) is -8.63. The largest absolute Gasteiger partial charge is 0.759 e. The summed E-state index contributed by atoms with van der Waals surface area (Å²) in [5, 5.41) is 70.9. The second kappa shape index (κ2) is 13.8. The molecule has 15 N–H and O–H groups in total. The van der Waals surface area contributed by atoms with Gasteiger partial charge in [0.1, 0.15) is 61.0 Å². The van der Waals surface area contributed by atoms with Gasteiger partial charge in [0.25, 0.3) is 0 Å². The van der Waals surface area contributed by atoms with Crippen LogP contribution >= 0.6 is 0 Å². The van der Waals surface area contributed by atoms with Crippen molar-refractivity contribution in [1.29, 1.82) is 0 Å². The number of aliphatic hydroxyl groups excluding tert-OH is 7. The van der Waals surface area contributed by atoms with Gasteiger partial charge in [0.05, 0.1) is 12.6 Å². The first-order valence-electron chi connectivity index (χ1n) is 11.5. The lowest BCUT2D eigenvalue weighted by molar-refractivity contribution is -0.332. The number of hydrogen-bond donors (Lipinski definition) is 11. The molecule has 0 radical (unpaired) electrons. The molecular formula is C18H36N4O15S-2. The fraction of sp³-hybridized carbons (Fsp3) is 1.00. The van der Waals surface area contributed by atoms with Gasteiger partial charge < -0.3 is 86.7 Å². The molecule has 15 atom stereocenters. The minimum atomic E-state index is -5.17. The van der Waals surface area contributed by atoms with E-state index in [0.29, 0.717) is 0 Å². The first kappa shape index (κ1) is 33.5. The maximum Gasteiger partial charge on any atom is 0.187 e. The standard InChI is InChI=1S/C18H36N4O11.H2O4S/c19-2-6-10(25)12(27)13(28)18(30-6)33-16-5(21)1-4(20)15(14(16)29)32-17-11(26)8(22)9(24)7(3-23)31-17;1-5(2,3)4/h4-18,23-29H,1-3,19-22H2;(H2,1,2,3,4)/p-2/t4-,5?,6-,7-,8-,9-,10-,11-,12+,13-,14?,15?,16?,17-,18-;/m1./s1. The molecular weight excluding hydrogens is 544 g/mol. The third-order valence-electron chi connectivity index (χ3n) is 6.48. The van der Waals surface area contributed by atoms with E-state index in [1.165, 1.54) is 0 Å². The van der Waals surface area contributed by atoms with Crippen molar-refractivity contribution < 1.29 is 72.2 Å². The number of nitrogens with two attached hydrogens (primary N) is 4. The zero-order valence-corrected chi connectivity index (χ0v) is 20.7. The summed E-state index contributed by atoms with van der Waals surface area (Å²) in [5.74, 6) is 0. The summed E-state index contributed by atoms with van der Waals surface area (Å²) in [6.45, 7) is -0.763. The second-order valence-electron chi connectivity index (χ2n) is 9.20. The minimum Gasteiger partial charge on any atom is -0.759 e. The van der Waals surface area contributed by atoms with E-state index in [-0.39, 0.29) is 13.0 Å². The minimum absolute atomic E-state index is 0.0849. The van der Waals surface area contributed by atoms with Crippen LogP contribution in [0.3, 0.4) is 0 Å². The van der Waals surface area contributed by atoms with Gasteiger partial charge in [0.2, 0.25) is 0 Å². The van der Waals surface area contributed by atoms with Crippen LogP contribution < -0.4 is 22.9 Å². The number of hydrogen-bond acceptors (Lipinski definition) is 19. The van der Waals surface area contributed by atoms with Crippen LogP contribution in [0, 0.1) is 0 Å². The first-order valence-corrected chi connectivity index (χ1v) is 12.8. The summed E-state index contributed by atoms with van der Waals surface area (Å²) < 4.78 is 56.3. The molecule has 4 unspecified atom stereocenters. The number of ether oxygens (including phenoxy) is 4. The molecule has 226 valence electrons. The first-order chi connectivity index (χ1) is 17.5. The molecule has 0 aromatic rings. The zero-order valence-electron chi connectivity index (χ0n) is 19.9. The Morgan fingerprint density at radius 2 is 1.18 bits per heavy atom. The summed E-state index contributed by atoms with van der Waals surface area (Å²) in [6.07, 6.45) is -16.5. The zero-order chi connectivity index (χ0) is 29.1. The topological polar surface area (TPSA) is 363 Å². The van der Waals surface area contributed by atoms with Crippen LogP contribution in [0.1, 0.15) is 6.42 Å². The summed E-state index contributed by atoms with van der Waals surface area (Å²) in [7, 11) is -5.17. The van der Waals surface area contributed by atoms with Crippen molar-refractivity contribution in [2.24, 2.45) is 22.9 Å². The van der Waals surface area contributed by atoms with Crippen LogP contribution in [0.5, 0.6) is 0 Å². The van der Waals surface area contributed by atoms with Gasteiger partial charge in [-0.05, 0) is 6.42 Å². The maximum absolute atomic E-state index is 10.9. The molecule has 1 saturated carbocycles. The molecule has 1 aliphatic carbocycles. The van der Waals surface area contributed by atoms with Crippen LogP contribution in [-0.2, 0) is 29.3 Å². The van der Waals surface area contributed by atoms with Crippen molar-refractivity contribution in [3.05, 3.63) is 0 Å². The maximum atomic E-state index is 10.9. The molecule has 0 spiro atoms. The van der Waals surface area contributed by atoms with Gasteiger partial charge in [-0.25, -0.2) is 0 Å².